The van der Waals surface area contributed by atoms with Crippen molar-refractivity contribution in [1.29, 1.82) is 0 Å². The van der Waals surface area contributed by atoms with Gasteiger partial charge in [0.15, 0.2) is 0 Å². The van der Waals surface area contributed by atoms with Crippen molar-refractivity contribution in [3.63, 3.8) is 0 Å². The number of fused-ring (bicyclic) bond motifs is 2. The molecular formula is C18H15N5O2. The summed E-state index contributed by atoms with van der Waals surface area (Å²) in [7, 11) is 1.94. The van der Waals surface area contributed by atoms with Crippen LogP contribution in [0.4, 0.5) is 5.69 Å². The fourth-order valence-corrected chi connectivity index (χ4v) is 2.86. The fourth-order valence-electron chi connectivity index (χ4n) is 2.86. The molecule has 7 heteroatoms. The molecule has 4 aromatic rings. The first-order chi connectivity index (χ1) is 12.1. The van der Waals surface area contributed by atoms with Crippen molar-refractivity contribution < 1.29 is 4.79 Å². The van der Waals surface area contributed by atoms with Gasteiger partial charge in [0.25, 0.3) is 5.56 Å². The first-order valence-corrected chi connectivity index (χ1v) is 7.80. The van der Waals surface area contributed by atoms with Gasteiger partial charge in [0, 0.05) is 24.1 Å². The van der Waals surface area contributed by atoms with E-state index >= 15 is 0 Å². The van der Waals surface area contributed by atoms with Crippen LogP contribution in [0.2, 0.25) is 0 Å². The molecular weight excluding hydrogens is 318 g/mol. The molecule has 1 N–H and O–H groups in total. The number of nitrogens with zero attached hydrogens (tertiary/aromatic N) is 4. The number of hydrogen-bond acceptors (Lipinski definition) is 4. The van der Waals surface area contributed by atoms with Gasteiger partial charge in [-0.25, -0.2) is 4.68 Å². The van der Waals surface area contributed by atoms with Crippen LogP contribution in [0.15, 0.2) is 59.5 Å². The molecule has 0 spiro atoms. The second kappa shape index (κ2) is 5.86. The maximum Gasteiger partial charge on any atom is 0.278 e. The van der Waals surface area contributed by atoms with Crippen LogP contribution in [0.25, 0.3) is 21.8 Å². The monoisotopic (exact) mass is 333 g/mol. The number of carbonyl (C=O) groups excluding carboxylic acids is 1. The lowest BCUT2D eigenvalue weighted by Gasteiger charge is -2.08. The highest BCUT2D eigenvalue weighted by Gasteiger charge is 2.11. The smallest absolute Gasteiger partial charge is 0.278 e. The van der Waals surface area contributed by atoms with Crippen LogP contribution in [0.5, 0.6) is 0 Å². The van der Waals surface area contributed by atoms with Crippen LogP contribution in [-0.2, 0) is 18.4 Å². The lowest BCUT2D eigenvalue weighted by atomic mass is 10.2. The van der Waals surface area contributed by atoms with Crippen molar-refractivity contribution in [3.8, 4) is 0 Å². The summed E-state index contributed by atoms with van der Waals surface area (Å²) in [4.78, 5) is 24.8. The largest absolute Gasteiger partial charge is 0.350 e. The SMILES string of the molecule is Cn1ccc2c(NC(=O)Cn3nnc4ccccc4c3=O)cccc21. The minimum Gasteiger partial charge on any atom is -0.350 e. The second-order valence-electron chi connectivity index (χ2n) is 5.78. The highest BCUT2D eigenvalue weighted by Crippen LogP contribution is 2.23. The molecule has 0 saturated carbocycles. The Kier molecular flexibility index (Phi) is 3.53. The van der Waals surface area contributed by atoms with Gasteiger partial charge < -0.3 is 9.88 Å². The molecule has 2 aromatic carbocycles. The minimum absolute atomic E-state index is 0.195. The highest BCUT2D eigenvalue weighted by atomic mass is 16.2. The summed E-state index contributed by atoms with van der Waals surface area (Å²) >= 11 is 0. The fraction of sp³-hybridized carbons (Fsp3) is 0.111. The molecule has 0 radical (unpaired) electrons. The average Bonchev–Trinajstić information content (AvgIpc) is 3.00. The molecule has 2 aromatic heterocycles. The van der Waals surface area contributed by atoms with E-state index < -0.39 is 0 Å². The quantitative estimate of drug-likeness (QED) is 0.621. The summed E-state index contributed by atoms with van der Waals surface area (Å²) < 4.78 is 3.05. The Morgan fingerprint density at radius 1 is 1.08 bits per heavy atom. The standard InChI is InChI=1S/C18H15N5O2/c1-22-10-9-12-14(7-4-8-16(12)22)19-17(24)11-23-18(25)13-5-2-3-6-15(13)20-21-23/h2-10H,11H2,1H3,(H,19,24). The summed E-state index contributed by atoms with van der Waals surface area (Å²) in [5.74, 6) is -0.331. The molecule has 4 rings (SSSR count). The maximum atomic E-state index is 12.4. The highest BCUT2D eigenvalue weighted by molar-refractivity contribution is 6.01. The van der Waals surface area contributed by atoms with Crippen molar-refractivity contribution in [2.45, 2.75) is 6.54 Å². The third-order valence-electron chi connectivity index (χ3n) is 4.12. The molecule has 124 valence electrons. The van der Waals surface area contributed by atoms with Crippen LogP contribution in [0, 0.1) is 0 Å². The molecule has 0 aliphatic heterocycles. The zero-order valence-electron chi connectivity index (χ0n) is 13.5. The Balaban J connectivity index is 1.62. The normalized spacial score (nSPS) is 11.1. The third-order valence-corrected chi connectivity index (χ3v) is 4.12. The summed E-state index contributed by atoms with van der Waals surface area (Å²) in [5.41, 5.74) is 1.89. The lowest BCUT2D eigenvalue weighted by Crippen LogP contribution is -2.30. The molecule has 0 aliphatic carbocycles. The van der Waals surface area contributed by atoms with E-state index in [2.05, 4.69) is 15.6 Å². The number of rotatable bonds is 3. The van der Waals surface area contributed by atoms with Crippen molar-refractivity contribution in [2.24, 2.45) is 7.05 Å². The molecule has 25 heavy (non-hydrogen) atoms. The van der Waals surface area contributed by atoms with Gasteiger partial charge in [-0.05, 0) is 30.3 Å². The first-order valence-electron chi connectivity index (χ1n) is 7.80. The lowest BCUT2D eigenvalue weighted by molar-refractivity contribution is -0.117. The molecule has 7 nitrogen and oxygen atoms in total. The van der Waals surface area contributed by atoms with Crippen LogP contribution < -0.4 is 10.9 Å². The van der Waals surface area contributed by atoms with Gasteiger partial charge in [-0.3, -0.25) is 9.59 Å². The van der Waals surface area contributed by atoms with Crippen molar-refractivity contribution in [3.05, 3.63) is 65.1 Å². The van der Waals surface area contributed by atoms with Crippen molar-refractivity contribution >= 4 is 33.4 Å². The Labute approximate surface area is 142 Å². The average molecular weight is 333 g/mol. The summed E-state index contributed by atoms with van der Waals surface area (Å²) in [5, 5.41) is 12.1. The Morgan fingerprint density at radius 2 is 1.92 bits per heavy atom. The van der Waals surface area contributed by atoms with Gasteiger partial charge in [0.1, 0.15) is 12.1 Å². The van der Waals surface area contributed by atoms with Gasteiger partial charge in [-0.1, -0.05) is 23.4 Å². The number of amides is 1. The zero-order valence-corrected chi connectivity index (χ0v) is 13.5. The zero-order chi connectivity index (χ0) is 17.4. The van der Waals surface area contributed by atoms with E-state index in [4.69, 9.17) is 0 Å². The minimum atomic E-state index is -0.335. The van der Waals surface area contributed by atoms with Crippen molar-refractivity contribution in [2.75, 3.05) is 5.32 Å². The molecule has 2 heterocycles. The summed E-state index contributed by atoms with van der Waals surface area (Å²) in [6.45, 7) is -0.195. The number of carbonyl (C=O) groups is 1. The van der Waals surface area contributed by atoms with E-state index in [-0.39, 0.29) is 18.0 Å². The molecule has 0 saturated heterocycles. The van der Waals surface area contributed by atoms with Gasteiger partial charge in [0.05, 0.1) is 11.1 Å². The predicted octanol–water partition coefficient (Wildman–Crippen LogP) is 1.92. The molecule has 0 bridgehead atoms. The number of anilines is 1. The molecule has 0 aliphatic rings. The number of benzene rings is 2. The van der Waals surface area contributed by atoms with E-state index in [1.807, 2.05) is 42.1 Å². The third kappa shape index (κ3) is 2.65. The van der Waals surface area contributed by atoms with E-state index in [1.165, 1.54) is 0 Å². The van der Waals surface area contributed by atoms with Gasteiger partial charge >= 0.3 is 0 Å². The van der Waals surface area contributed by atoms with Gasteiger partial charge in [-0.15, -0.1) is 5.10 Å². The number of aryl methyl sites for hydroxylation is 1. The number of nitrogens with one attached hydrogen (secondary N) is 1. The molecule has 0 unspecified atom stereocenters. The molecule has 0 fully saturated rings. The van der Waals surface area contributed by atoms with E-state index in [0.717, 1.165) is 15.6 Å². The molecule has 0 atom stereocenters. The van der Waals surface area contributed by atoms with E-state index in [0.29, 0.717) is 16.6 Å². The molecule has 1 amide bonds. The number of hydrogen-bond donors (Lipinski definition) is 1. The Bertz CT molecular complexity index is 1160. The van der Waals surface area contributed by atoms with Crippen molar-refractivity contribution in [1.82, 2.24) is 19.6 Å². The Hall–Kier alpha value is -3.48. The first kappa shape index (κ1) is 15.1. The van der Waals surface area contributed by atoms with Crippen LogP contribution >= 0.6 is 0 Å². The van der Waals surface area contributed by atoms with Gasteiger partial charge in [0.2, 0.25) is 5.91 Å². The summed E-state index contributed by atoms with van der Waals surface area (Å²) in [6, 6.07) is 14.5. The summed E-state index contributed by atoms with van der Waals surface area (Å²) in [6.07, 6.45) is 1.93. The number of aromatic nitrogens is 4. The van der Waals surface area contributed by atoms with E-state index in [9.17, 15) is 9.59 Å². The van der Waals surface area contributed by atoms with Gasteiger partial charge in [-0.2, -0.15) is 0 Å². The predicted molar refractivity (Wildman–Crippen MR) is 95.3 cm³/mol. The maximum absolute atomic E-state index is 12.4. The van der Waals surface area contributed by atoms with E-state index in [1.54, 1.807) is 24.3 Å². The topological polar surface area (TPSA) is 81.8 Å². The second-order valence-corrected chi connectivity index (χ2v) is 5.78. The van der Waals surface area contributed by atoms with Crippen LogP contribution in [0.3, 0.4) is 0 Å². The Morgan fingerprint density at radius 3 is 2.80 bits per heavy atom. The van der Waals surface area contributed by atoms with Crippen LogP contribution in [0.1, 0.15) is 0 Å². The van der Waals surface area contributed by atoms with Crippen LogP contribution in [-0.4, -0.2) is 25.5 Å².